The van der Waals surface area contributed by atoms with E-state index in [-0.39, 0.29) is 17.9 Å². The van der Waals surface area contributed by atoms with Crippen molar-refractivity contribution in [2.75, 3.05) is 26.4 Å². The van der Waals surface area contributed by atoms with Gasteiger partial charge in [0.15, 0.2) is 0 Å². The molecule has 0 spiro atoms. The normalized spacial score (nSPS) is 11.8. The fourth-order valence-corrected chi connectivity index (χ4v) is 5.24. The first-order valence-electron chi connectivity index (χ1n) is 14.8. The second-order valence-corrected chi connectivity index (χ2v) is 10.3. The van der Waals surface area contributed by atoms with Gasteiger partial charge in [0.05, 0.1) is 42.3 Å². The van der Waals surface area contributed by atoms with Crippen LogP contribution >= 0.6 is 0 Å². The molecule has 5 aromatic rings. The molecule has 0 aliphatic heterocycles. The Kier molecular flexibility index (Phi) is 9.64. The van der Waals surface area contributed by atoms with E-state index in [0.29, 0.717) is 48.8 Å². The lowest BCUT2D eigenvalue weighted by Gasteiger charge is -2.30. The number of nitrogens with zero attached hydrogens (tertiary/aromatic N) is 3. The zero-order chi connectivity index (χ0) is 30.2. The zero-order valence-corrected chi connectivity index (χ0v) is 24.9. The predicted octanol–water partition coefficient (Wildman–Crippen LogP) is 6.62. The number of hydrogen-bond donors (Lipinski definition) is 0. The van der Waals surface area contributed by atoms with Gasteiger partial charge in [0.25, 0.3) is 5.56 Å². The number of rotatable bonds is 12. The summed E-state index contributed by atoms with van der Waals surface area (Å²) in [7, 11) is 0. The van der Waals surface area contributed by atoms with Crippen LogP contribution in [0.4, 0.5) is 0 Å². The molecule has 0 N–H and O–H groups in total. The molecule has 0 saturated carbocycles. The van der Waals surface area contributed by atoms with Crippen LogP contribution in [0.2, 0.25) is 0 Å². The van der Waals surface area contributed by atoms with Crippen LogP contribution in [-0.4, -0.2) is 46.7 Å². The molecule has 43 heavy (non-hydrogen) atoms. The summed E-state index contributed by atoms with van der Waals surface area (Å²) in [6.45, 7) is 7.61. The Labute approximate surface area is 252 Å². The van der Waals surface area contributed by atoms with Crippen molar-refractivity contribution < 1.29 is 14.3 Å². The molecule has 1 amide bonds. The van der Waals surface area contributed by atoms with E-state index in [1.54, 1.807) is 15.5 Å². The number of carbonyl (C=O) groups excluding carboxylic acids is 1. The van der Waals surface area contributed by atoms with Crippen molar-refractivity contribution in [2.45, 2.75) is 33.2 Å². The van der Waals surface area contributed by atoms with Crippen LogP contribution in [0.15, 0.2) is 108 Å². The van der Waals surface area contributed by atoms with Crippen LogP contribution in [0.25, 0.3) is 27.7 Å². The number of carbonyl (C=O) groups is 1. The molecule has 1 aromatic heterocycles. The molecule has 4 aromatic carbocycles. The highest BCUT2D eigenvalue weighted by Gasteiger charge is 2.27. The Balaban J connectivity index is 1.51. The average molecular weight is 576 g/mol. The maximum absolute atomic E-state index is 13.9. The van der Waals surface area contributed by atoms with Crippen LogP contribution in [-0.2, 0) is 16.0 Å². The molecule has 1 unspecified atom stereocenters. The van der Waals surface area contributed by atoms with E-state index in [4.69, 9.17) is 14.5 Å². The van der Waals surface area contributed by atoms with E-state index in [2.05, 4.69) is 12.1 Å². The molecule has 0 radical (unpaired) electrons. The topological polar surface area (TPSA) is 73.7 Å². The van der Waals surface area contributed by atoms with Gasteiger partial charge in [-0.05, 0) is 73.9 Å². The predicted molar refractivity (Wildman–Crippen MR) is 171 cm³/mol. The Morgan fingerprint density at radius 1 is 0.837 bits per heavy atom. The quantitative estimate of drug-likeness (QED) is 0.156. The molecule has 220 valence electrons. The van der Waals surface area contributed by atoms with Gasteiger partial charge in [-0.25, -0.2) is 4.98 Å². The summed E-state index contributed by atoms with van der Waals surface area (Å²) < 4.78 is 12.9. The van der Waals surface area contributed by atoms with Crippen LogP contribution < -0.4 is 10.3 Å². The highest BCUT2D eigenvalue weighted by Crippen LogP contribution is 2.25. The molecule has 7 nitrogen and oxygen atoms in total. The first kappa shape index (κ1) is 29.7. The van der Waals surface area contributed by atoms with Gasteiger partial charge in [-0.2, -0.15) is 0 Å². The van der Waals surface area contributed by atoms with E-state index in [1.807, 2.05) is 106 Å². The molecule has 5 rings (SSSR count). The minimum absolute atomic E-state index is 0.0692. The number of benzene rings is 4. The summed E-state index contributed by atoms with van der Waals surface area (Å²) in [5, 5.41) is 0.512. The fourth-order valence-electron chi connectivity index (χ4n) is 5.24. The van der Waals surface area contributed by atoms with Crippen LogP contribution in [0.5, 0.6) is 5.75 Å². The van der Waals surface area contributed by atoms with Crippen molar-refractivity contribution in [1.29, 1.82) is 0 Å². The van der Waals surface area contributed by atoms with Crippen LogP contribution in [0.3, 0.4) is 0 Å². The third kappa shape index (κ3) is 6.84. The summed E-state index contributed by atoms with van der Waals surface area (Å²) >= 11 is 0. The van der Waals surface area contributed by atoms with E-state index in [1.165, 1.54) is 0 Å². The summed E-state index contributed by atoms with van der Waals surface area (Å²) in [6.07, 6.45) is 0.215. The largest absolute Gasteiger partial charge is 0.494 e. The van der Waals surface area contributed by atoms with Crippen molar-refractivity contribution in [2.24, 2.45) is 0 Å². The fraction of sp³-hybridized carbons (Fsp3) is 0.250. The van der Waals surface area contributed by atoms with E-state index in [0.717, 1.165) is 22.4 Å². The second kappa shape index (κ2) is 13.9. The molecule has 0 aliphatic rings. The molecular weight excluding hydrogens is 538 g/mol. The monoisotopic (exact) mass is 575 g/mol. The molecule has 0 saturated heterocycles. The van der Waals surface area contributed by atoms with Crippen molar-refractivity contribution >= 4 is 16.8 Å². The molecule has 1 atom stereocenters. The molecular formula is C36H37N3O4. The Morgan fingerprint density at radius 3 is 2.21 bits per heavy atom. The number of aromatic nitrogens is 2. The lowest BCUT2D eigenvalue weighted by atomic mass is 10.0. The van der Waals surface area contributed by atoms with E-state index < -0.39 is 6.04 Å². The number of para-hydroxylation sites is 1. The van der Waals surface area contributed by atoms with Gasteiger partial charge in [0.1, 0.15) is 11.6 Å². The molecule has 0 bridgehead atoms. The lowest BCUT2D eigenvalue weighted by Crippen LogP contribution is -2.40. The van der Waals surface area contributed by atoms with Gasteiger partial charge in [0.2, 0.25) is 5.91 Å². The van der Waals surface area contributed by atoms with Gasteiger partial charge in [-0.1, -0.05) is 66.7 Å². The first-order chi connectivity index (χ1) is 21.0. The molecule has 0 fully saturated rings. The minimum atomic E-state index is -0.513. The van der Waals surface area contributed by atoms with Crippen LogP contribution in [0, 0.1) is 0 Å². The highest BCUT2D eigenvalue weighted by atomic mass is 16.5. The SMILES string of the molecule is CCOCCN(C(=O)Cc1ccc(-c2ccccc2)cc1)C(C)c1nc2ccccc2c(=O)n1-c1ccc(OCC)cc1. The maximum Gasteiger partial charge on any atom is 0.266 e. The average Bonchev–Trinajstić information content (AvgIpc) is 3.04. The number of amides is 1. The second-order valence-electron chi connectivity index (χ2n) is 10.3. The third-order valence-corrected chi connectivity index (χ3v) is 7.47. The lowest BCUT2D eigenvalue weighted by molar-refractivity contribution is -0.133. The van der Waals surface area contributed by atoms with Crippen molar-refractivity contribution in [3.05, 3.63) is 125 Å². The van der Waals surface area contributed by atoms with Gasteiger partial charge in [-0.3, -0.25) is 14.2 Å². The summed E-state index contributed by atoms with van der Waals surface area (Å²) in [4.78, 5) is 34.6. The van der Waals surface area contributed by atoms with E-state index >= 15 is 0 Å². The first-order valence-corrected chi connectivity index (χ1v) is 14.8. The third-order valence-electron chi connectivity index (χ3n) is 7.47. The van der Waals surface area contributed by atoms with Crippen LogP contribution in [0.1, 0.15) is 38.2 Å². The molecule has 0 aliphatic carbocycles. The standard InChI is InChI=1S/C36H37N3O4/c1-4-42-24-23-38(34(40)25-27-15-17-29(18-16-27)28-11-7-6-8-12-28)26(3)35-37-33-14-10-9-13-32(33)36(41)39(35)30-19-21-31(22-20-30)43-5-2/h6-22,26H,4-5,23-25H2,1-3H3. The maximum atomic E-state index is 13.9. The van der Waals surface area contributed by atoms with Crippen molar-refractivity contribution in [3.8, 4) is 22.6 Å². The number of ether oxygens (including phenoxy) is 2. The highest BCUT2D eigenvalue weighted by molar-refractivity contribution is 5.80. The molecule has 1 heterocycles. The Hall–Kier alpha value is -4.75. The van der Waals surface area contributed by atoms with Gasteiger partial charge in [-0.15, -0.1) is 0 Å². The summed E-state index contributed by atoms with van der Waals surface area (Å²) in [6, 6.07) is 32.4. The molecule has 7 heteroatoms. The number of hydrogen-bond acceptors (Lipinski definition) is 5. The summed E-state index contributed by atoms with van der Waals surface area (Å²) in [5.41, 5.74) is 4.19. The minimum Gasteiger partial charge on any atom is -0.494 e. The Morgan fingerprint density at radius 2 is 1.51 bits per heavy atom. The van der Waals surface area contributed by atoms with Crippen molar-refractivity contribution in [3.63, 3.8) is 0 Å². The summed E-state index contributed by atoms with van der Waals surface area (Å²) in [5.74, 6) is 1.13. The van der Waals surface area contributed by atoms with Gasteiger partial charge in [0, 0.05) is 13.2 Å². The number of fused-ring (bicyclic) bond motifs is 1. The smallest absolute Gasteiger partial charge is 0.266 e. The van der Waals surface area contributed by atoms with E-state index in [9.17, 15) is 9.59 Å². The Bertz CT molecular complexity index is 1710. The van der Waals surface area contributed by atoms with Gasteiger partial charge >= 0.3 is 0 Å². The van der Waals surface area contributed by atoms with Crippen molar-refractivity contribution in [1.82, 2.24) is 14.5 Å². The zero-order valence-electron chi connectivity index (χ0n) is 24.9. The van der Waals surface area contributed by atoms with Gasteiger partial charge < -0.3 is 14.4 Å².